The van der Waals surface area contributed by atoms with E-state index in [1.54, 1.807) is 38.3 Å². The first-order valence-electron chi connectivity index (χ1n) is 9.81. The van der Waals surface area contributed by atoms with Crippen LogP contribution >= 0.6 is 0 Å². The van der Waals surface area contributed by atoms with Gasteiger partial charge in [0.1, 0.15) is 17.9 Å². The number of hydrogen-bond acceptors (Lipinski definition) is 6. The number of amides is 1. The molecule has 0 saturated carbocycles. The zero-order chi connectivity index (χ0) is 22.4. The van der Waals surface area contributed by atoms with Crippen LogP contribution in [-0.2, 0) is 27.3 Å². The summed E-state index contributed by atoms with van der Waals surface area (Å²) in [5.41, 5.74) is 2.72. The lowest BCUT2D eigenvalue weighted by Gasteiger charge is -2.17. The first-order valence-corrected chi connectivity index (χ1v) is 9.81. The zero-order valence-electron chi connectivity index (χ0n) is 17.6. The maximum Gasteiger partial charge on any atom is 0.412 e. The molecule has 1 heterocycles. The minimum Gasteiger partial charge on any atom is -0.495 e. The van der Waals surface area contributed by atoms with Crippen LogP contribution in [0.5, 0.6) is 5.75 Å². The summed E-state index contributed by atoms with van der Waals surface area (Å²) in [5, 5.41) is 12.9. The van der Waals surface area contributed by atoms with Gasteiger partial charge in [-0.05, 0) is 55.3 Å². The van der Waals surface area contributed by atoms with Gasteiger partial charge in [0.05, 0.1) is 25.2 Å². The van der Waals surface area contributed by atoms with Crippen LogP contribution in [0.4, 0.5) is 10.5 Å². The van der Waals surface area contributed by atoms with Crippen molar-refractivity contribution in [1.29, 1.82) is 0 Å². The van der Waals surface area contributed by atoms with Gasteiger partial charge in [0.2, 0.25) is 0 Å². The van der Waals surface area contributed by atoms with E-state index in [-0.39, 0.29) is 19.1 Å². The Morgan fingerprint density at radius 2 is 1.87 bits per heavy atom. The van der Waals surface area contributed by atoms with Crippen LogP contribution in [0.3, 0.4) is 0 Å². The molecule has 0 aliphatic heterocycles. The van der Waals surface area contributed by atoms with Crippen molar-refractivity contribution in [1.82, 2.24) is 0 Å². The fourth-order valence-corrected chi connectivity index (χ4v) is 3.10. The molecule has 0 fully saturated rings. The van der Waals surface area contributed by atoms with Crippen LogP contribution in [0.15, 0.2) is 53.1 Å². The van der Waals surface area contributed by atoms with Crippen LogP contribution in [-0.4, -0.2) is 36.5 Å². The Bertz CT molecular complexity index is 1060. The summed E-state index contributed by atoms with van der Waals surface area (Å²) in [6.07, 6.45) is -0.0460. The number of nitrogens with one attached hydrogen (secondary N) is 1. The lowest BCUT2D eigenvalue weighted by molar-refractivity contribution is -0.153. The van der Waals surface area contributed by atoms with Crippen LogP contribution in [0.1, 0.15) is 25.0 Å². The number of methoxy groups -OCH3 is 1. The number of rotatable bonds is 9. The molecule has 0 bridgehead atoms. The number of aliphatic carboxylic acids is 1. The fraction of sp³-hybridized carbons (Fsp3) is 0.304. The normalized spacial score (nSPS) is 12.0. The van der Waals surface area contributed by atoms with Gasteiger partial charge < -0.3 is 23.7 Å². The van der Waals surface area contributed by atoms with Crippen molar-refractivity contribution in [2.24, 2.45) is 0 Å². The van der Waals surface area contributed by atoms with Crippen molar-refractivity contribution in [3.8, 4) is 5.75 Å². The summed E-state index contributed by atoms with van der Waals surface area (Å²) < 4.78 is 21.4. The number of carboxylic acid groups (broad SMARTS) is 1. The Morgan fingerprint density at radius 3 is 2.58 bits per heavy atom. The second kappa shape index (κ2) is 9.99. The predicted molar refractivity (Wildman–Crippen MR) is 114 cm³/mol. The molecule has 1 unspecified atom stereocenters. The van der Waals surface area contributed by atoms with Crippen LogP contribution in [0.2, 0.25) is 0 Å². The van der Waals surface area contributed by atoms with Gasteiger partial charge in [0.25, 0.3) is 0 Å². The third-order valence-electron chi connectivity index (χ3n) is 4.52. The number of furan rings is 1. The van der Waals surface area contributed by atoms with Crippen LogP contribution in [0.25, 0.3) is 11.0 Å². The van der Waals surface area contributed by atoms with E-state index in [4.69, 9.17) is 18.6 Å². The number of anilines is 1. The van der Waals surface area contributed by atoms with Crippen LogP contribution < -0.4 is 10.1 Å². The molecule has 31 heavy (non-hydrogen) atoms. The molecule has 1 aromatic heterocycles. The summed E-state index contributed by atoms with van der Waals surface area (Å²) in [7, 11) is 1.47. The fourth-order valence-electron chi connectivity index (χ4n) is 3.10. The molecule has 1 atom stereocenters. The largest absolute Gasteiger partial charge is 0.495 e. The predicted octanol–water partition coefficient (Wildman–Crippen LogP) is 4.61. The molecule has 2 N–H and O–H groups in total. The van der Waals surface area contributed by atoms with E-state index in [1.165, 1.54) is 7.11 Å². The number of carbonyl (C=O) groups excluding carboxylic acids is 1. The molecular weight excluding hydrogens is 402 g/mol. The van der Waals surface area contributed by atoms with Crippen molar-refractivity contribution in [3.05, 3.63) is 59.9 Å². The molecular formula is C23H25NO7. The van der Waals surface area contributed by atoms with Gasteiger partial charge in [-0.25, -0.2) is 9.59 Å². The molecule has 0 spiro atoms. The smallest absolute Gasteiger partial charge is 0.412 e. The van der Waals surface area contributed by atoms with Crippen molar-refractivity contribution in [2.45, 2.75) is 39.1 Å². The number of ether oxygens (including phenoxy) is 3. The van der Waals surface area contributed by atoms with Crippen molar-refractivity contribution < 1.29 is 33.3 Å². The van der Waals surface area contributed by atoms with E-state index in [9.17, 15) is 14.7 Å². The third-order valence-corrected chi connectivity index (χ3v) is 4.52. The standard InChI is InChI=1S/C23H25NO7/c1-14(2)31-21(22(25)26)12-15-4-6-18(20(11-15)28-3)24-23(27)30-13-16-5-7-19-17(10-16)8-9-29-19/h4-11,14,21H,12-13H2,1-3H3,(H,24,27)(H,25,26). The Morgan fingerprint density at radius 1 is 1.10 bits per heavy atom. The minimum atomic E-state index is -1.04. The number of hydrogen-bond donors (Lipinski definition) is 2. The van der Waals surface area contributed by atoms with Gasteiger partial charge in [0, 0.05) is 11.8 Å². The molecule has 0 radical (unpaired) electrons. The first-order chi connectivity index (χ1) is 14.9. The zero-order valence-corrected chi connectivity index (χ0v) is 17.6. The SMILES string of the molecule is COc1cc(CC(OC(C)C)C(=O)O)ccc1NC(=O)OCc1ccc2occc2c1. The van der Waals surface area contributed by atoms with E-state index < -0.39 is 18.2 Å². The summed E-state index contributed by atoms with van der Waals surface area (Å²) >= 11 is 0. The Balaban J connectivity index is 1.62. The number of carboxylic acids is 1. The second-order valence-electron chi connectivity index (χ2n) is 7.24. The lowest BCUT2D eigenvalue weighted by atomic mass is 10.1. The molecule has 0 aliphatic rings. The highest BCUT2D eigenvalue weighted by atomic mass is 16.5. The van der Waals surface area contributed by atoms with Gasteiger partial charge in [-0.2, -0.15) is 0 Å². The monoisotopic (exact) mass is 427 g/mol. The Labute approximate surface area is 179 Å². The van der Waals surface area contributed by atoms with Crippen molar-refractivity contribution >= 4 is 28.7 Å². The Hall–Kier alpha value is -3.52. The molecule has 8 heteroatoms. The molecule has 164 valence electrons. The van der Waals surface area contributed by atoms with E-state index in [2.05, 4.69) is 5.32 Å². The van der Waals surface area contributed by atoms with Gasteiger partial charge in [-0.15, -0.1) is 0 Å². The highest BCUT2D eigenvalue weighted by Crippen LogP contribution is 2.27. The molecule has 2 aromatic carbocycles. The van der Waals surface area contributed by atoms with E-state index in [0.717, 1.165) is 16.5 Å². The topological polar surface area (TPSA) is 107 Å². The molecule has 8 nitrogen and oxygen atoms in total. The van der Waals surface area contributed by atoms with E-state index in [0.29, 0.717) is 17.0 Å². The summed E-state index contributed by atoms with van der Waals surface area (Å²) in [6, 6.07) is 12.4. The molecule has 3 aromatic rings. The second-order valence-corrected chi connectivity index (χ2v) is 7.24. The summed E-state index contributed by atoms with van der Waals surface area (Å²) in [4.78, 5) is 23.7. The lowest BCUT2D eigenvalue weighted by Crippen LogP contribution is -2.29. The van der Waals surface area contributed by atoms with Gasteiger partial charge >= 0.3 is 12.1 Å². The Kier molecular flexibility index (Phi) is 7.15. The number of benzene rings is 2. The van der Waals surface area contributed by atoms with Crippen molar-refractivity contribution in [3.63, 3.8) is 0 Å². The highest BCUT2D eigenvalue weighted by Gasteiger charge is 2.21. The summed E-state index contributed by atoms with van der Waals surface area (Å²) in [6.45, 7) is 3.66. The van der Waals surface area contributed by atoms with Gasteiger partial charge in [0.15, 0.2) is 6.10 Å². The molecule has 3 rings (SSSR count). The number of fused-ring (bicyclic) bond motifs is 1. The first kappa shape index (κ1) is 22.2. The van der Waals surface area contributed by atoms with Crippen molar-refractivity contribution in [2.75, 3.05) is 12.4 Å². The summed E-state index contributed by atoms with van der Waals surface area (Å²) in [5.74, 6) is -0.644. The molecule has 1 amide bonds. The minimum absolute atomic E-state index is 0.0974. The number of carbonyl (C=O) groups is 2. The van der Waals surface area contributed by atoms with E-state index in [1.807, 2.05) is 24.3 Å². The average Bonchev–Trinajstić information content (AvgIpc) is 3.20. The maximum absolute atomic E-state index is 12.2. The quantitative estimate of drug-likeness (QED) is 0.513. The molecule has 0 aliphatic carbocycles. The third kappa shape index (κ3) is 5.99. The van der Waals surface area contributed by atoms with E-state index >= 15 is 0 Å². The highest BCUT2D eigenvalue weighted by molar-refractivity contribution is 5.87. The van der Waals surface area contributed by atoms with Gasteiger partial charge in [-0.3, -0.25) is 5.32 Å². The maximum atomic E-state index is 12.2. The van der Waals surface area contributed by atoms with Crippen LogP contribution in [0, 0.1) is 0 Å². The average molecular weight is 427 g/mol. The van der Waals surface area contributed by atoms with Gasteiger partial charge in [-0.1, -0.05) is 12.1 Å². The molecule has 0 saturated heterocycles.